The number of hydrogen-bond acceptors (Lipinski definition) is 15. The Morgan fingerprint density at radius 1 is 0.277 bits per heavy atom. The SMILES string of the molecule is CCC(C)CCCCCCCCCCCCC(=O)O[C@H](COC(=O)CCCCCCCCCC(C)C)COP(=O)(O)OCC(O)COP(=O)(O)OC[C@@H](COC(=O)CCCCCCCCCCCCCCCCCCC(C)C)OC(=O)CCCCCCCCCCCCCCCCCC(C)C. The molecular formula is C82H160O17P2. The van der Waals surface area contributed by atoms with Gasteiger partial charge in [-0.1, -0.05) is 370 Å². The van der Waals surface area contributed by atoms with Gasteiger partial charge >= 0.3 is 39.5 Å². The van der Waals surface area contributed by atoms with Crippen LogP contribution in [0.25, 0.3) is 0 Å². The Bertz CT molecular complexity index is 1970. The lowest BCUT2D eigenvalue weighted by Crippen LogP contribution is -2.30. The number of aliphatic hydroxyl groups excluding tert-OH is 1. The highest BCUT2D eigenvalue weighted by atomic mass is 31.2. The van der Waals surface area contributed by atoms with Gasteiger partial charge in [-0.2, -0.15) is 0 Å². The zero-order chi connectivity index (χ0) is 74.6. The Morgan fingerprint density at radius 2 is 0.475 bits per heavy atom. The van der Waals surface area contributed by atoms with Crippen LogP contribution in [0.15, 0.2) is 0 Å². The average molecular weight is 1480 g/mol. The summed E-state index contributed by atoms with van der Waals surface area (Å²) in [6.07, 6.45) is 58.3. The van der Waals surface area contributed by atoms with Crippen LogP contribution in [0, 0.1) is 23.7 Å². The van der Waals surface area contributed by atoms with E-state index in [-0.39, 0.29) is 25.7 Å². The number of esters is 4. The van der Waals surface area contributed by atoms with Crippen LogP contribution in [0.2, 0.25) is 0 Å². The van der Waals surface area contributed by atoms with E-state index in [9.17, 15) is 43.2 Å². The second-order valence-electron chi connectivity index (χ2n) is 31.2. The van der Waals surface area contributed by atoms with Crippen LogP contribution in [0.5, 0.6) is 0 Å². The van der Waals surface area contributed by atoms with E-state index < -0.39 is 97.5 Å². The molecule has 101 heavy (non-hydrogen) atoms. The van der Waals surface area contributed by atoms with Gasteiger partial charge in [-0.25, -0.2) is 9.13 Å². The molecule has 19 heteroatoms. The second kappa shape index (κ2) is 71.0. The maximum Gasteiger partial charge on any atom is 0.472 e. The highest BCUT2D eigenvalue weighted by Gasteiger charge is 2.30. The van der Waals surface area contributed by atoms with E-state index in [1.54, 1.807) is 0 Å². The van der Waals surface area contributed by atoms with Crippen molar-refractivity contribution in [2.45, 2.75) is 440 Å². The van der Waals surface area contributed by atoms with Crippen LogP contribution in [0.1, 0.15) is 421 Å². The predicted octanol–water partition coefficient (Wildman–Crippen LogP) is 24.4. The summed E-state index contributed by atoms with van der Waals surface area (Å²) in [5, 5.41) is 10.6. The van der Waals surface area contributed by atoms with Gasteiger partial charge in [0.15, 0.2) is 12.2 Å². The molecule has 0 aromatic heterocycles. The largest absolute Gasteiger partial charge is 0.472 e. The van der Waals surface area contributed by atoms with Gasteiger partial charge in [-0.05, 0) is 49.4 Å². The van der Waals surface area contributed by atoms with Gasteiger partial charge in [-0.3, -0.25) is 37.3 Å². The molecule has 17 nitrogen and oxygen atoms in total. The quantitative estimate of drug-likeness (QED) is 0.0222. The van der Waals surface area contributed by atoms with Crippen molar-refractivity contribution in [1.29, 1.82) is 0 Å². The third kappa shape index (κ3) is 74.7. The lowest BCUT2D eigenvalue weighted by atomic mass is 9.99. The molecule has 0 rings (SSSR count). The van der Waals surface area contributed by atoms with Crippen molar-refractivity contribution in [3.63, 3.8) is 0 Å². The van der Waals surface area contributed by atoms with Gasteiger partial charge in [0.1, 0.15) is 19.3 Å². The zero-order valence-electron chi connectivity index (χ0n) is 66.5. The Balaban J connectivity index is 5.24. The summed E-state index contributed by atoms with van der Waals surface area (Å²) in [7, 11) is -9.92. The van der Waals surface area contributed by atoms with E-state index in [1.807, 2.05) is 0 Å². The Labute approximate surface area is 619 Å². The molecule has 0 amide bonds. The van der Waals surface area contributed by atoms with Crippen molar-refractivity contribution >= 4 is 39.5 Å². The molecule has 0 aromatic carbocycles. The molecule has 0 aliphatic rings. The molecule has 0 saturated carbocycles. The first-order chi connectivity index (χ1) is 48.6. The molecule has 0 radical (unpaired) electrons. The van der Waals surface area contributed by atoms with Crippen molar-refractivity contribution in [1.82, 2.24) is 0 Å². The lowest BCUT2D eigenvalue weighted by Gasteiger charge is -2.21. The molecule has 0 heterocycles. The molecule has 0 fully saturated rings. The summed E-state index contributed by atoms with van der Waals surface area (Å²) in [5.74, 6) is 1.01. The van der Waals surface area contributed by atoms with Crippen LogP contribution in [0.3, 0.4) is 0 Å². The van der Waals surface area contributed by atoms with E-state index >= 15 is 0 Å². The molecular weight excluding hydrogens is 1320 g/mol. The Kier molecular flexibility index (Phi) is 69.6. The molecule has 0 spiro atoms. The van der Waals surface area contributed by atoms with E-state index in [1.165, 1.54) is 218 Å². The van der Waals surface area contributed by atoms with Crippen LogP contribution in [-0.4, -0.2) is 96.7 Å². The minimum absolute atomic E-state index is 0.105. The number of carbonyl (C=O) groups excluding carboxylic acids is 4. The molecule has 4 unspecified atom stereocenters. The maximum atomic E-state index is 13.1. The van der Waals surface area contributed by atoms with Crippen molar-refractivity contribution in [3.8, 4) is 0 Å². The van der Waals surface area contributed by atoms with Crippen LogP contribution >= 0.6 is 15.6 Å². The molecule has 6 atom stereocenters. The van der Waals surface area contributed by atoms with Crippen molar-refractivity contribution < 1.29 is 80.2 Å². The fourth-order valence-electron chi connectivity index (χ4n) is 12.6. The summed E-state index contributed by atoms with van der Waals surface area (Å²) in [6, 6.07) is 0. The number of phosphoric ester groups is 2. The molecule has 0 saturated heterocycles. The smallest absolute Gasteiger partial charge is 0.462 e. The van der Waals surface area contributed by atoms with E-state index in [4.69, 9.17) is 37.0 Å². The van der Waals surface area contributed by atoms with Gasteiger partial charge in [0, 0.05) is 25.7 Å². The zero-order valence-corrected chi connectivity index (χ0v) is 68.3. The lowest BCUT2D eigenvalue weighted by molar-refractivity contribution is -0.161. The molecule has 0 bridgehead atoms. The summed E-state index contributed by atoms with van der Waals surface area (Å²) in [6.45, 7) is 14.3. The number of hydrogen-bond donors (Lipinski definition) is 3. The molecule has 0 aliphatic heterocycles. The second-order valence-corrected chi connectivity index (χ2v) is 34.1. The molecule has 0 aliphatic carbocycles. The van der Waals surface area contributed by atoms with Gasteiger partial charge in [0.25, 0.3) is 0 Å². The first-order valence-electron chi connectivity index (χ1n) is 42.2. The fraction of sp³-hybridized carbons (Fsp3) is 0.951. The molecule has 0 aromatic rings. The number of phosphoric acid groups is 2. The Hall–Kier alpha value is -1.94. The standard InChI is InChI=1S/C82H160O17P2/c1-9-75(8)61-53-45-37-29-25-26-32-40-49-57-65-82(87)99-78(69-93-80(85)63-55-47-41-33-36-44-52-60-74(6)7)71-97-101(90,91)95-67-76(83)66-94-100(88,89)96-70-77(98-81(86)64-56-48-39-31-24-20-16-12-14-18-22-28-35-43-51-59-73(4)5)68-92-79(84)62-54-46-38-30-23-19-15-11-10-13-17-21-27-34-42-50-58-72(2)3/h72-78,83H,9-71H2,1-8H3,(H,88,89)(H,90,91)/t75?,76?,77-,78-/m1/s1. The number of unbranched alkanes of at least 4 members (excludes halogenated alkanes) is 44. The normalized spacial score (nSPS) is 14.3. The molecule has 600 valence electrons. The highest BCUT2D eigenvalue weighted by Crippen LogP contribution is 2.45. The number of ether oxygens (including phenoxy) is 4. The first kappa shape index (κ1) is 99.1. The summed E-state index contributed by atoms with van der Waals surface area (Å²) >= 11 is 0. The van der Waals surface area contributed by atoms with Crippen molar-refractivity contribution in [2.24, 2.45) is 23.7 Å². The van der Waals surface area contributed by atoms with E-state index in [0.29, 0.717) is 31.6 Å². The number of carbonyl (C=O) groups is 4. The van der Waals surface area contributed by atoms with Gasteiger partial charge in [0.2, 0.25) is 0 Å². The minimum atomic E-state index is -4.96. The minimum Gasteiger partial charge on any atom is -0.462 e. The van der Waals surface area contributed by atoms with Crippen LogP contribution < -0.4 is 0 Å². The summed E-state index contributed by atoms with van der Waals surface area (Å²) in [4.78, 5) is 73.1. The maximum absolute atomic E-state index is 13.1. The first-order valence-corrected chi connectivity index (χ1v) is 45.2. The fourth-order valence-corrected chi connectivity index (χ4v) is 14.2. The summed E-state index contributed by atoms with van der Waals surface area (Å²) in [5.41, 5.74) is 0. The predicted molar refractivity (Wildman–Crippen MR) is 414 cm³/mol. The third-order valence-electron chi connectivity index (χ3n) is 19.4. The summed E-state index contributed by atoms with van der Waals surface area (Å²) < 4.78 is 68.7. The van der Waals surface area contributed by atoms with Crippen molar-refractivity contribution in [3.05, 3.63) is 0 Å². The topological polar surface area (TPSA) is 237 Å². The van der Waals surface area contributed by atoms with Crippen LogP contribution in [-0.2, 0) is 65.4 Å². The number of rotatable bonds is 79. The third-order valence-corrected chi connectivity index (χ3v) is 21.3. The molecule has 3 N–H and O–H groups in total. The van der Waals surface area contributed by atoms with E-state index in [2.05, 4.69) is 55.4 Å². The number of aliphatic hydroxyl groups is 1. The average Bonchev–Trinajstić information content (AvgIpc) is 0.932. The van der Waals surface area contributed by atoms with Crippen LogP contribution in [0.4, 0.5) is 0 Å². The van der Waals surface area contributed by atoms with Gasteiger partial charge in [-0.15, -0.1) is 0 Å². The van der Waals surface area contributed by atoms with Crippen molar-refractivity contribution in [2.75, 3.05) is 39.6 Å². The Morgan fingerprint density at radius 3 is 0.703 bits per heavy atom. The monoisotopic (exact) mass is 1480 g/mol. The van der Waals surface area contributed by atoms with E-state index in [0.717, 1.165) is 114 Å². The highest BCUT2D eigenvalue weighted by molar-refractivity contribution is 7.47. The van der Waals surface area contributed by atoms with Gasteiger partial charge in [0.05, 0.1) is 26.4 Å². The van der Waals surface area contributed by atoms with Gasteiger partial charge < -0.3 is 33.8 Å².